The normalized spacial score (nSPS) is 12.0. The summed E-state index contributed by atoms with van der Waals surface area (Å²) in [6, 6.07) is 10.6. The minimum Gasteiger partial charge on any atom is -0.504 e. The SMILES string of the molecule is COc1cc(Br)cc(/C=N\NC(=O)[C@@H](C)Nc2ccc(C)cc2)c1O. The maximum Gasteiger partial charge on any atom is 0.262 e. The Kier molecular flexibility index (Phi) is 6.41. The number of anilines is 1. The van der Waals surface area contributed by atoms with E-state index in [1.54, 1.807) is 19.1 Å². The van der Waals surface area contributed by atoms with Crippen LogP contribution in [0.5, 0.6) is 11.5 Å². The summed E-state index contributed by atoms with van der Waals surface area (Å²) in [5.74, 6) is -0.0237. The Balaban J connectivity index is 1.98. The van der Waals surface area contributed by atoms with E-state index in [-0.39, 0.29) is 11.7 Å². The number of methoxy groups -OCH3 is 1. The third-order valence-electron chi connectivity index (χ3n) is 3.50. The minimum atomic E-state index is -0.467. The van der Waals surface area contributed by atoms with Crippen LogP contribution in [0.4, 0.5) is 5.69 Å². The van der Waals surface area contributed by atoms with E-state index in [0.717, 1.165) is 15.7 Å². The molecular weight excluding hydrogens is 386 g/mol. The van der Waals surface area contributed by atoms with Crippen molar-refractivity contribution in [3.05, 3.63) is 52.0 Å². The van der Waals surface area contributed by atoms with Crippen molar-refractivity contribution < 1.29 is 14.6 Å². The number of aromatic hydroxyl groups is 1. The number of carbonyl (C=O) groups is 1. The predicted molar refractivity (Wildman–Crippen MR) is 102 cm³/mol. The largest absolute Gasteiger partial charge is 0.504 e. The molecule has 0 aliphatic rings. The van der Waals surface area contributed by atoms with Crippen LogP contribution >= 0.6 is 15.9 Å². The Morgan fingerprint density at radius 1 is 1.32 bits per heavy atom. The third-order valence-corrected chi connectivity index (χ3v) is 3.95. The number of carbonyl (C=O) groups excluding carboxylic acids is 1. The maximum absolute atomic E-state index is 12.1. The van der Waals surface area contributed by atoms with Crippen molar-refractivity contribution in [2.45, 2.75) is 19.9 Å². The van der Waals surface area contributed by atoms with Gasteiger partial charge in [0.25, 0.3) is 5.91 Å². The number of hydrazone groups is 1. The molecule has 0 unspecified atom stereocenters. The molecule has 6 nitrogen and oxygen atoms in total. The molecule has 2 aromatic carbocycles. The van der Waals surface area contributed by atoms with E-state index in [1.807, 2.05) is 31.2 Å². The fourth-order valence-corrected chi connectivity index (χ4v) is 2.53. The van der Waals surface area contributed by atoms with E-state index >= 15 is 0 Å². The molecule has 0 saturated heterocycles. The number of rotatable bonds is 6. The summed E-state index contributed by atoms with van der Waals surface area (Å²) in [5.41, 5.74) is 4.87. The predicted octanol–water partition coefficient (Wildman–Crippen LogP) is 3.42. The molecule has 2 rings (SSSR count). The van der Waals surface area contributed by atoms with Gasteiger partial charge in [-0.15, -0.1) is 0 Å². The molecule has 25 heavy (non-hydrogen) atoms. The Labute approximate surface area is 155 Å². The van der Waals surface area contributed by atoms with Crippen LogP contribution in [0.3, 0.4) is 0 Å². The first kappa shape index (κ1) is 18.8. The maximum atomic E-state index is 12.1. The second kappa shape index (κ2) is 8.53. The van der Waals surface area contributed by atoms with Crippen LogP contribution in [0, 0.1) is 6.92 Å². The lowest BCUT2D eigenvalue weighted by molar-refractivity contribution is -0.121. The average molecular weight is 406 g/mol. The number of nitrogens with one attached hydrogen (secondary N) is 2. The first-order valence-electron chi connectivity index (χ1n) is 7.63. The van der Waals surface area contributed by atoms with Gasteiger partial charge in [0.15, 0.2) is 11.5 Å². The van der Waals surface area contributed by atoms with Crippen LogP contribution in [0.15, 0.2) is 46.0 Å². The molecule has 1 atom stereocenters. The Bertz CT molecular complexity index is 776. The van der Waals surface area contributed by atoms with Crippen molar-refractivity contribution in [2.75, 3.05) is 12.4 Å². The summed E-state index contributed by atoms with van der Waals surface area (Å²) < 4.78 is 5.79. The van der Waals surface area contributed by atoms with E-state index in [0.29, 0.717) is 11.3 Å². The molecule has 0 saturated carbocycles. The molecule has 7 heteroatoms. The van der Waals surface area contributed by atoms with E-state index in [4.69, 9.17) is 4.74 Å². The number of aryl methyl sites for hydroxylation is 1. The molecule has 0 aromatic heterocycles. The smallest absolute Gasteiger partial charge is 0.262 e. The molecule has 0 aliphatic carbocycles. The van der Waals surface area contributed by atoms with E-state index in [2.05, 4.69) is 31.8 Å². The van der Waals surface area contributed by atoms with Crippen molar-refractivity contribution in [1.82, 2.24) is 5.43 Å². The Morgan fingerprint density at radius 3 is 2.64 bits per heavy atom. The number of phenolic OH excluding ortho intramolecular Hbond substituents is 1. The summed E-state index contributed by atoms with van der Waals surface area (Å²) >= 11 is 3.32. The van der Waals surface area contributed by atoms with Crippen LogP contribution in [0.1, 0.15) is 18.1 Å². The number of ether oxygens (including phenoxy) is 1. The number of hydrogen-bond donors (Lipinski definition) is 3. The zero-order valence-electron chi connectivity index (χ0n) is 14.2. The highest BCUT2D eigenvalue weighted by Gasteiger charge is 2.12. The lowest BCUT2D eigenvalue weighted by atomic mass is 10.2. The zero-order chi connectivity index (χ0) is 18.4. The molecule has 0 fully saturated rings. The molecular formula is C18H20BrN3O3. The molecule has 1 amide bonds. The minimum absolute atomic E-state index is 0.0467. The number of amides is 1. The Hall–Kier alpha value is -2.54. The van der Waals surface area contributed by atoms with Crippen molar-refractivity contribution in [1.29, 1.82) is 0 Å². The highest BCUT2D eigenvalue weighted by atomic mass is 79.9. The highest BCUT2D eigenvalue weighted by Crippen LogP contribution is 2.32. The summed E-state index contributed by atoms with van der Waals surface area (Å²) in [6.45, 7) is 3.74. The van der Waals surface area contributed by atoms with E-state index < -0.39 is 6.04 Å². The van der Waals surface area contributed by atoms with Gasteiger partial charge in [0.2, 0.25) is 0 Å². The third kappa shape index (κ3) is 5.22. The van der Waals surface area contributed by atoms with Crippen LogP contribution < -0.4 is 15.5 Å². The zero-order valence-corrected chi connectivity index (χ0v) is 15.8. The van der Waals surface area contributed by atoms with Gasteiger partial charge in [-0.1, -0.05) is 33.6 Å². The van der Waals surface area contributed by atoms with Crippen molar-refractivity contribution in [2.24, 2.45) is 5.10 Å². The summed E-state index contributed by atoms with van der Waals surface area (Å²) in [7, 11) is 1.46. The van der Waals surface area contributed by atoms with E-state index in [9.17, 15) is 9.90 Å². The average Bonchev–Trinajstić information content (AvgIpc) is 2.59. The van der Waals surface area contributed by atoms with Crippen LogP contribution in [-0.4, -0.2) is 30.4 Å². The number of benzene rings is 2. The summed E-state index contributed by atoms with van der Waals surface area (Å²) in [6.07, 6.45) is 1.36. The van der Waals surface area contributed by atoms with Crippen LogP contribution in [0.2, 0.25) is 0 Å². The number of halogens is 1. The van der Waals surface area contributed by atoms with Crippen molar-refractivity contribution in [3.63, 3.8) is 0 Å². The number of nitrogens with zero attached hydrogens (tertiary/aromatic N) is 1. The van der Waals surface area contributed by atoms with Gasteiger partial charge >= 0.3 is 0 Å². The summed E-state index contributed by atoms with van der Waals surface area (Å²) in [4.78, 5) is 12.1. The summed E-state index contributed by atoms with van der Waals surface area (Å²) in [5, 5.41) is 17.0. The second-order valence-corrected chi connectivity index (χ2v) is 6.43. The first-order valence-corrected chi connectivity index (χ1v) is 8.42. The topological polar surface area (TPSA) is 83.0 Å². The monoisotopic (exact) mass is 405 g/mol. The quantitative estimate of drug-likeness (QED) is 0.507. The fraction of sp³-hybridized carbons (Fsp3) is 0.222. The van der Waals surface area contributed by atoms with Gasteiger partial charge in [0, 0.05) is 15.7 Å². The highest BCUT2D eigenvalue weighted by molar-refractivity contribution is 9.10. The van der Waals surface area contributed by atoms with Gasteiger partial charge in [-0.3, -0.25) is 4.79 Å². The molecule has 3 N–H and O–H groups in total. The van der Waals surface area contributed by atoms with Gasteiger partial charge in [-0.2, -0.15) is 5.10 Å². The van der Waals surface area contributed by atoms with Gasteiger partial charge in [0.05, 0.1) is 13.3 Å². The molecule has 0 aliphatic heterocycles. The second-order valence-electron chi connectivity index (χ2n) is 5.51. The molecule has 132 valence electrons. The number of phenols is 1. The molecule has 0 spiro atoms. The molecule has 2 aromatic rings. The molecule has 0 radical (unpaired) electrons. The first-order chi connectivity index (χ1) is 11.9. The fourth-order valence-electron chi connectivity index (χ4n) is 2.08. The van der Waals surface area contributed by atoms with Gasteiger partial charge in [0.1, 0.15) is 6.04 Å². The van der Waals surface area contributed by atoms with Crippen LogP contribution in [0.25, 0.3) is 0 Å². The van der Waals surface area contributed by atoms with Gasteiger partial charge in [-0.25, -0.2) is 5.43 Å². The van der Waals surface area contributed by atoms with E-state index in [1.165, 1.54) is 13.3 Å². The molecule has 0 bridgehead atoms. The van der Waals surface area contributed by atoms with Crippen molar-refractivity contribution in [3.8, 4) is 11.5 Å². The van der Waals surface area contributed by atoms with Gasteiger partial charge in [-0.05, 0) is 38.1 Å². The number of hydrogen-bond acceptors (Lipinski definition) is 5. The molecule has 0 heterocycles. The van der Waals surface area contributed by atoms with Crippen molar-refractivity contribution >= 4 is 33.7 Å². The Morgan fingerprint density at radius 2 is 2.00 bits per heavy atom. The lowest BCUT2D eigenvalue weighted by Crippen LogP contribution is -2.34. The standard InChI is InChI=1S/C18H20BrN3O3/c1-11-4-6-15(7-5-11)21-12(2)18(24)22-20-10-13-8-14(19)9-16(25-3)17(13)23/h4-10,12,21,23H,1-3H3,(H,22,24)/b20-10-/t12-/m1/s1. The lowest BCUT2D eigenvalue weighted by Gasteiger charge is -2.13. The van der Waals surface area contributed by atoms with Crippen LogP contribution in [-0.2, 0) is 4.79 Å². The van der Waals surface area contributed by atoms with Gasteiger partial charge < -0.3 is 15.2 Å².